The summed E-state index contributed by atoms with van der Waals surface area (Å²) in [7, 11) is 1.65. The fraction of sp³-hybridized carbons (Fsp3) is 0.625. The normalized spacial score (nSPS) is 21.6. The first-order chi connectivity index (χ1) is 9.72. The van der Waals surface area contributed by atoms with Gasteiger partial charge in [0.15, 0.2) is 0 Å². The van der Waals surface area contributed by atoms with Gasteiger partial charge in [0.2, 0.25) is 0 Å². The molecule has 0 aliphatic carbocycles. The number of nitrogens with zero attached hydrogens (tertiary/aromatic N) is 1. The number of hydrogen-bond donors (Lipinski definition) is 1. The fourth-order valence-corrected chi connectivity index (χ4v) is 2.73. The smallest absolute Gasteiger partial charge is 0.118 e. The molecule has 2 rings (SSSR count). The van der Waals surface area contributed by atoms with E-state index in [1.165, 1.54) is 0 Å². The van der Waals surface area contributed by atoms with Crippen molar-refractivity contribution in [2.24, 2.45) is 0 Å². The maximum atomic E-state index is 10.3. The van der Waals surface area contributed by atoms with E-state index in [2.05, 4.69) is 4.90 Å². The van der Waals surface area contributed by atoms with Crippen molar-refractivity contribution in [3.05, 3.63) is 29.8 Å². The molecule has 0 radical (unpaired) electrons. The van der Waals surface area contributed by atoms with E-state index in [0.717, 1.165) is 43.9 Å². The van der Waals surface area contributed by atoms with E-state index in [0.29, 0.717) is 12.6 Å². The molecule has 2 atom stereocenters. The number of aliphatic hydroxyl groups excluding tert-OH is 1. The molecule has 0 aromatic heterocycles. The molecule has 112 valence electrons. The zero-order chi connectivity index (χ0) is 14.4. The number of piperidine rings is 1. The number of aliphatic hydroxyl groups is 1. The highest BCUT2D eigenvalue weighted by atomic mass is 16.5. The molecule has 1 aliphatic rings. The molecule has 1 saturated heterocycles. The summed E-state index contributed by atoms with van der Waals surface area (Å²) in [6, 6.07) is 7.62. The molecule has 0 amide bonds. The van der Waals surface area contributed by atoms with Crippen molar-refractivity contribution in [2.75, 3.05) is 33.4 Å². The van der Waals surface area contributed by atoms with Gasteiger partial charge in [-0.3, -0.25) is 4.90 Å². The molecular weight excluding hydrogens is 254 g/mol. The molecule has 1 aliphatic heterocycles. The molecule has 1 N–H and O–H groups in total. The topological polar surface area (TPSA) is 41.9 Å². The van der Waals surface area contributed by atoms with Gasteiger partial charge in [-0.1, -0.05) is 12.1 Å². The van der Waals surface area contributed by atoms with Crippen LogP contribution in [0.4, 0.5) is 0 Å². The second-order valence-corrected chi connectivity index (χ2v) is 5.27. The first kappa shape index (κ1) is 15.3. The minimum absolute atomic E-state index is 0.316. The second kappa shape index (κ2) is 7.62. The molecule has 1 aromatic carbocycles. The van der Waals surface area contributed by atoms with Crippen LogP contribution in [-0.4, -0.2) is 49.5 Å². The van der Waals surface area contributed by atoms with Crippen LogP contribution < -0.4 is 4.74 Å². The lowest BCUT2D eigenvalue weighted by atomic mass is 10.1. The molecule has 0 bridgehead atoms. The van der Waals surface area contributed by atoms with E-state index < -0.39 is 6.10 Å². The molecule has 1 fully saturated rings. The number of benzene rings is 1. The van der Waals surface area contributed by atoms with Crippen LogP contribution in [0.1, 0.15) is 31.4 Å². The molecule has 4 heteroatoms. The van der Waals surface area contributed by atoms with Gasteiger partial charge in [-0.25, -0.2) is 0 Å². The molecule has 0 spiro atoms. The summed E-state index contributed by atoms with van der Waals surface area (Å²) in [4.78, 5) is 2.29. The second-order valence-electron chi connectivity index (χ2n) is 5.27. The predicted molar refractivity (Wildman–Crippen MR) is 79.0 cm³/mol. The summed E-state index contributed by atoms with van der Waals surface area (Å²) in [5.41, 5.74) is 0.935. The lowest BCUT2D eigenvalue weighted by Crippen LogP contribution is -2.41. The highest BCUT2D eigenvalue weighted by molar-refractivity contribution is 5.28. The minimum Gasteiger partial charge on any atom is -0.497 e. The molecular formula is C16H25NO3. The van der Waals surface area contributed by atoms with Crippen molar-refractivity contribution in [1.29, 1.82) is 0 Å². The van der Waals surface area contributed by atoms with Crippen molar-refractivity contribution in [2.45, 2.75) is 32.0 Å². The number of hydrogen-bond acceptors (Lipinski definition) is 4. The van der Waals surface area contributed by atoms with Crippen LogP contribution in [0.15, 0.2) is 24.3 Å². The maximum Gasteiger partial charge on any atom is 0.118 e. The summed E-state index contributed by atoms with van der Waals surface area (Å²) < 4.78 is 10.8. The zero-order valence-electron chi connectivity index (χ0n) is 12.4. The third-order valence-electron chi connectivity index (χ3n) is 3.80. The summed E-state index contributed by atoms with van der Waals surface area (Å²) in [5.74, 6) is 0.815. The quantitative estimate of drug-likeness (QED) is 0.867. The molecule has 1 aromatic rings. The number of β-amino-alcohol motifs (C(OH)–C–C–N with tert-alkyl or cyclic N) is 1. The Morgan fingerprint density at radius 3 is 2.75 bits per heavy atom. The van der Waals surface area contributed by atoms with Crippen LogP contribution >= 0.6 is 0 Å². The van der Waals surface area contributed by atoms with Gasteiger partial charge in [0, 0.05) is 19.7 Å². The van der Waals surface area contributed by atoms with Crippen LogP contribution in [0.3, 0.4) is 0 Å². The standard InChI is InChI=1S/C16H25NO3/c1-3-20-15-5-4-10-17(11-15)12-16(18)13-6-8-14(19-2)9-7-13/h6-9,15-16,18H,3-5,10-12H2,1-2H3. The average Bonchev–Trinajstić information content (AvgIpc) is 2.48. The van der Waals surface area contributed by atoms with Crippen LogP contribution in [0, 0.1) is 0 Å². The van der Waals surface area contributed by atoms with E-state index in [9.17, 15) is 5.11 Å². The summed E-state index contributed by atoms with van der Waals surface area (Å²) >= 11 is 0. The third kappa shape index (κ3) is 4.20. The Kier molecular flexibility index (Phi) is 5.83. The van der Waals surface area contributed by atoms with Gasteiger partial charge in [0.25, 0.3) is 0 Å². The lowest BCUT2D eigenvalue weighted by Gasteiger charge is -2.33. The fourth-order valence-electron chi connectivity index (χ4n) is 2.73. The van der Waals surface area contributed by atoms with Crippen LogP contribution in [0.5, 0.6) is 5.75 Å². The number of rotatable bonds is 6. The van der Waals surface area contributed by atoms with Crippen molar-refractivity contribution in [1.82, 2.24) is 4.90 Å². The predicted octanol–water partition coefficient (Wildman–Crippen LogP) is 2.23. The Bertz CT molecular complexity index is 391. The first-order valence-electron chi connectivity index (χ1n) is 7.39. The summed E-state index contributed by atoms with van der Waals surface area (Å²) in [6.45, 7) is 5.42. The van der Waals surface area contributed by atoms with Gasteiger partial charge in [0.1, 0.15) is 5.75 Å². The molecule has 4 nitrogen and oxygen atoms in total. The van der Waals surface area contributed by atoms with Crippen molar-refractivity contribution >= 4 is 0 Å². The Morgan fingerprint density at radius 1 is 1.35 bits per heavy atom. The van der Waals surface area contributed by atoms with Gasteiger partial charge >= 0.3 is 0 Å². The van der Waals surface area contributed by atoms with Crippen molar-refractivity contribution in [3.8, 4) is 5.75 Å². The van der Waals surface area contributed by atoms with E-state index >= 15 is 0 Å². The summed E-state index contributed by atoms with van der Waals surface area (Å²) in [6.07, 6.45) is 2.13. The Morgan fingerprint density at radius 2 is 2.10 bits per heavy atom. The SMILES string of the molecule is CCOC1CCCN(CC(O)c2ccc(OC)cc2)C1. The van der Waals surface area contributed by atoms with Gasteiger partial charge < -0.3 is 14.6 Å². The van der Waals surface area contributed by atoms with E-state index in [1.807, 2.05) is 31.2 Å². The summed E-state index contributed by atoms with van der Waals surface area (Å²) in [5, 5.41) is 10.3. The van der Waals surface area contributed by atoms with Gasteiger partial charge in [-0.15, -0.1) is 0 Å². The third-order valence-corrected chi connectivity index (χ3v) is 3.80. The Labute approximate surface area is 121 Å². The average molecular weight is 279 g/mol. The molecule has 2 unspecified atom stereocenters. The molecule has 1 heterocycles. The van der Waals surface area contributed by atoms with Crippen LogP contribution in [-0.2, 0) is 4.74 Å². The van der Waals surface area contributed by atoms with Crippen molar-refractivity contribution < 1.29 is 14.6 Å². The zero-order valence-corrected chi connectivity index (χ0v) is 12.4. The number of likely N-dealkylation sites (tertiary alicyclic amines) is 1. The van der Waals surface area contributed by atoms with Crippen LogP contribution in [0.25, 0.3) is 0 Å². The van der Waals surface area contributed by atoms with Crippen LogP contribution in [0.2, 0.25) is 0 Å². The molecule has 0 saturated carbocycles. The van der Waals surface area contributed by atoms with E-state index in [1.54, 1.807) is 7.11 Å². The van der Waals surface area contributed by atoms with Gasteiger partial charge in [-0.05, 0) is 44.0 Å². The Hall–Kier alpha value is -1.10. The maximum absolute atomic E-state index is 10.3. The van der Waals surface area contributed by atoms with E-state index in [4.69, 9.17) is 9.47 Å². The Balaban J connectivity index is 1.87. The van der Waals surface area contributed by atoms with Gasteiger partial charge in [0.05, 0.1) is 19.3 Å². The highest BCUT2D eigenvalue weighted by Gasteiger charge is 2.22. The lowest BCUT2D eigenvalue weighted by molar-refractivity contribution is -0.00705. The van der Waals surface area contributed by atoms with E-state index in [-0.39, 0.29) is 0 Å². The highest BCUT2D eigenvalue weighted by Crippen LogP contribution is 2.21. The molecule has 20 heavy (non-hydrogen) atoms. The largest absolute Gasteiger partial charge is 0.497 e. The minimum atomic E-state index is -0.457. The first-order valence-corrected chi connectivity index (χ1v) is 7.39. The number of methoxy groups -OCH3 is 1. The van der Waals surface area contributed by atoms with Crippen molar-refractivity contribution in [3.63, 3.8) is 0 Å². The monoisotopic (exact) mass is 279 g/mol. The number of ether oxygens (including phenoxy) is 2. The van der Waals surface area contributed by atoms with Gasteiger partial charge in [-0.2, -0.15) is 0 Å².